The summed E-state index contributed by atoms with van der Waals surface area (Å²) in [5, 5.41) is 8.83. The van der Waals surface area contributed by atoms with E-state index in [-0.39, 0.29) is 5.69 Å². The molecule has 0 radical (unpaired) electrons. The molecule has 4 nitrogen and oxygen atoms in total. The molecule has 1 aromatic heterocycles. The van der Waals surface area contributed by atoms with Crippen LogP contribution >= 0.6 is 0 Å². The normalized spacial score (nSPS) is 9.50. The molecule has 0 aliphatic rings. The maximum absolute atomic E-state index is 10.8. The Balaban J connectivity index is 2.88. The molecule has 84 valence electrons. The number of pyridine rings is 1. The predicted octanol–water partition coefficient (Wildman–Crippen LogP) is 1.63. The van der Waals surface area contributed by atoms with Crippen molar-refractivity contribution in [2.45, 2.75) is 13.3 Å². The van der Waals surface area contributed by atoms with Crippen LogP contribution in [0, 0.1) is 12.3 Å². The van der Waals surface area contributed by atoms with E-state index < -0.39 is 5.97 Å². The highest BCUT2D eigenvalue weighted by Crippen LogP contribution is 2.11. The van der Waals surface area contributed by atoms with Crippen molar-refractivity contribution in [3.8, 4) is 12.3 Å². The molecule has 4 heteroatoms. The second-order valence-electron chi connectivity index (χ2n) is 3.22. The van der Waals surface area contributed by atoms with Crippen molar-refractivity contribution >= 4 is 11.8 Å². The van der Waals surface area contributed by atoms with Crippen molar-refractivity contribution < 1.29 is 9.90 Å². The number of anilines is 1. The monoisotopic (exact) mass is 218 g/mol. The van der Waals surface area contributed by atoms with Gasteiger partial charge in [-0.1, -0.05) is 6.07 Å². The Kier molecular flexibility index (Phi) is 4.34. The molecule has 0 fully saturated rings. The van der Waals surface area contributed by atoms with Crippen molar-refractivity contribution in [1.82, 2.24) is 4.98 Å². The lowest BCUT2D eigenvalue weighted by Gasteiger charge is -2.20. The van der Waals surface area contributed by atoms with Gasteiger partial charge in [0.25, 0.3) is 0 Å². The predicted molar refractivity (Wildman–Crippen MR) is 62.5 cm³/mol. The molecule has 0 saturated heterocycles. The van der Waals surface area contributed by atoms with Gasteiger partial charge in [0.15, 0.2) is 5.69 Å². The van der Waals surface area contributed by atoms with Crippen LogP contribution in [-0.2, 0) is 0 Å². The molecular formula is C12H14N2O2. The van der Waals surface area contributed by atoms with Gasteiger partial charge in [0.1, 0.15) is 5.82 Å². The van der Waals surface area contributed by atoms with E-state index in [0.29, 0.717) is 18.8 Å². The van der Waals surface area contributed by atoms with Crippen molar-refractivity contribution in [1.29, 1.82) is 0 Å². The van der Waals surface area contributed by atoms with Gasteiger partial charge < -0.3 is 10.0 Å². The molecule has 1 aromatic rings. The van der Waals surface area contributed by atoms with E-state index >= 15 is 0 Å². The molecule has 0 unspecified atom stereocenters. The Morgan fingerprint density at radius 1 is 1.62 bits per heavy atom. The third-order valence-corrected chi connectivity index (χ3v) is 2.19. The fourth-order valence-corrected chi connectivity index (χ4v) is 1.35. The first kappa shape index (κ1) is 12.1. The number of aromatic carboxylic acids is 1. The summed E-state index contributed by atoms with van der Waals surface area (Å²) in [5.74, 6) is 2.19. The zero-order valence-corrected chi connectivity index (χ0v) is 9.18. The number of carbonyl (C=O) groups is 1. The van der Waals surface area contributed by atoms with Gasteiger partial charge in [-0.2, -0.15) is 0 Å². The van der Waals surface area contributed by atoms with Crippen LogP contribution < -0.4 is 4.90 Å². The molecule has 1 heterocycles. The second-order valence-corrected chi connectivity index (χ2v) is 3.22. The zero-order valence-electron chi connectivity index (χ0n) is 9.18. The average Bonchev–Trinajstić information content (AvgIpc) is 2.30. The van der Waals surface area contributed by atoms with Crippen LogP contribution in [0.5, 0.6) is 0 Å². The fourth-order valence-electron chi connectivity index (χ4n) is 1.35. The van der Waals surface area contributed by atoms with Crippen LogP contribution in [0.2, 0.25) is 0 Å². The first-order chi connectivity index (χ1) is 7.69. The number of hydrogen-bond acceptors (Lipinski definition) is 3. The summed E-state index contributed by atoms with van der Waals surface area (Å²) in [4.78, 5) is 16.8. The number of carboxylic acid groups (broad SMARTS) is 1. The molecule has 0 aromatic carbocycles. The van der Waals surface area contributed by atoms with Crippen molar-refractivity contribution in [3.63, 3.8) is 0 Å². The summed E-state index contributed by atoms with van der Waals surface area (Å²) in [6.45, 7) is 3.41. The highest BCUT2D eigenvalue weighted by Gasteiger charge is 2.09. The first-order valence-corrected chi connectivity index (χ1v) is 5.07. The lowest BCUT2D eigenvalue weighted by Crippen LogP contribution is -2.25. The van der Waals surface area contributed by atoms with Crippen molar-refractivity contribution in [2.75, 3.05) is 18.0 Å². The van der Waals surface area contributed by atoms with Crippen LogP contribution in [0.4, 0.5) is 5.82 Å². The third kappa shape index (κ3) is 2.99. The van der Waals surface area contributed by atoms with E-state index in [9.17, 15) is 4.79 Å². The molecule has 1 rings (SSSR count). The number of carboxylic acids is 1. The maximum Gasteiger partial charge on any atom is 0.354 e. The Labute approximate surface area is 94.9 Å². The molecule has 16 heavy (non-hydrogen) atoms. The van der Waals surface area contributed by atoms with Gasteiger partial charge in [0.05, 0.1) is 0 Å². The third-order valence-electron chi connectivity index (χ3n) is 2.19. The average molecular weight is 218 g/mol. The Hall–Kier alpha value is -2.02. The molecule has 0 aliphatic heterocycles. The maximum atomic E-state index is 10.8. The number of aromatic nitrogens is 1. The lowest BCUT2D eigenvalue weighted by molar-refractivity contribution is 0.0690. The van der Waals surface area contributed by atoms with Crippen LogP contribution in [0.1, 0.15) is 23.8 Å². The Morgan fingerprint density at radius 3 is 2.94 bits per heavy atom. The highest BCUT2D eigenvalue weighted by molar-refractivity contribution is 5.85. The quantitative estimate of drug-likeness (QED) is 0.763. The van der Waals surface area contributed by atoms with Gasteiger partial charge in [-0.05, 0) is 19.1 Å². The molecule has 0 aliphatic carbocycles. The van der Waals surface area contributed by atoms with E-state index in [4.69, 9.17) is 11.5 Å². The summed E-state index contributed by atoms with van der Waals surface area (Å²) in [5.41, 5.74) is 0.0525. The van der Waals surface area contributed by atoms with Crippen LogP contribution in [0.25, 0.3) is 0 Å². The van der Waals surface area contributed by atoms with Gasteiger partial charge in [0.2, 0.25) is 0 Å². The molecule has 1 N–H and O–H groups in total. The molecule has 0 saturated carbocycles. The van der Waals surface area contributed by atoms with E-state index in [1.54, 1.807) is 12.1 Å². The SMILES string of the molecule is C#CCCN(CC)c1cccc(C(=O)O)n1. The summed E-state index contributed by atoms with van der Waals surface area (Å²) in [6.07, 6.45) is 5.81. The van der Waals surface area contributed by atoms with Crippen LogP contribution in [0.3, 0.4) is 0 Å². The van der Waals surface area contributed by atoms with E-state index in [2.05, 4.69) is 10.9 Å². The Morgan fingerprint density at radius 2 is 2.38 bits per heavy atom. The molecule has 0 spiro atoms. The summed E-state index contributed by atoms with van der Waals surface area (Å²) >= 11 is 0. The van der Waals surface area contributed by atoms with Gasteiger partial charge in [-0.3, -0.25) is 0 Å². The molecule has 0 atom stereocenters. The minimum absolute atomic E-state index is 0.0525. The summed E-state index contributed by atoms with van der Waals surface area (Å²) in [6, 6.07) is 4.94. The number of hydrogen-bond donors (Lipinski definition) is 1. The molecule has 0 amide bonds. The van der Waals surface area contributed by atoms with E-state index in [1.165, 1.54) is 6.07 Å². The standard InChI is InChI=1S/C12H14N2O2/c1-3-5-9-14(4-2)11-8-6-7-10(13-11)12(15)16/h1,6-8H,4-5,9H2,2H3,(H,15,16). The largest absolute Gasteiger partial charge is 0.477 e. The van der Waals surface area contributed by atoms with Gasteiger partial charge in [-0.15, -0.1) is 12.3 Å². The molecular weight excluding hydrogens is 204 g/mol. The number of nitrogens with zero attached hydrogens (tertiary/aromatic N) is 2. The van der Waals surface area contributed by atoms with E-state index in [1.807, 2.05) is 11.8 Å². The minimum Gasteiger partial charge on any atom is -0.477 e. The minimum atomic E-state index is -1.02. The van der Waals surface area contributed by atoms with E-state index in [0.717, 1.165) is 6.54 Å². The topological polar surface area (TPSA) is 53.4 Å². The van der Waals surface area contributed by atoms with Gasteiger partial charge >= 0.3 is 5.97 Å². The van der Waals surface area contributed by atoms with Gasteiger partial charge in [-0.25, -0.2) is 9.78 Å². The molecule has 0 bridgehead atoms. The Bertz CT molecular complexity index is 410. The first-order valence-electron chi connectivity index (χ1n) is 5.07. The summed E-state index contributed by atoms with van der Waals surface area (Å²) in [7, 11) is 0. The number of rotatable bonds is 5. The van der Waals surface area contributed by atoms with Crippen molar-refractivity contribution in [3.05, 3.63) is 23.9 Å². The van der Waals surface area contributed by atoms with Crippen LogP contribution in [-0.4, -0.2) is 29.1 Å². The van der Waals surface area contributed by atoms with Gasteiger partial charge in [0, 0.05) is 19.5 Å². The fraction of sp³-hybridized carbons (Fsp3) is 0.333. The summed E-state index contributed by atoms with van der Waals surface area (Å²) < 4.78 is 0. The second kappa shape index (κ2) is 5.76. The lowest BCUT2D eigenvalue weighted by atomic mass is 10.3. The van der Waals surface area contributed by atoms with Crippen molar-refractivity contribution in [2.24, 2.45) is 0 Å². The zero-order chi connectivity index (χ0) is 12.0. The highest BCUT2D eigenvalue weighted by atomic mass is 16.4. The number of terminal acetylenes is 1. The van der Waals surface area contributed by atoms with Crippen LogP contribution in [0.15, 0.2) is 18.2 Å². The smallest absolute Gasteiger partial charge is 0.354 e.